The van der Waals surface area contributed by atoms with Gasteiger partial charge in [-0.05, 0) is 44.7 Å². The van der Waals surface area contributed by atoms with Crippen molar-refractivity contribution in [1.29, 1.82) is 0 Å². The van der Waals surface area contributed by atoms with Crippen molar-refractivity contribution >= 4 is 16.0 Å². The van der Waals surface area contributed by atoms with Crippen molar-refractivity contribution < 1.29 is 23.1 Å². The molecule has 0 spiro atoms. The molecule has 1 heterocycles. The summed E-state index contributed by atoms with van der Waals surface area (Å²) in [5.74, 6) is -1.05. The predicted molar refractivity (Wildman–Crippen MR) is 90.6 cm³/mol. The van der Waals surface area contributed by atoms with Crippen LogP contribution < -0.4 is 0 Å². The van der Waals surface area contributed by atoms with Gasteiger partial charge in [0.05, 0.1) is 11.5 Å². The van der Waals surface area contributed by atoms with Gasteiger partial charge in [-0.25, -0.2) is 13.2 Å². The van der Waals surface area contributed by atoms with Gasteiger partial charge in [0.15, 0.2) is 0 Å². The van der Waals surface area contributed by atoms with Crippen LogP contribution in [0.15, 0.2) is 17.0 Å². The molecule has 24 heavy (non-hydrogen) atoms. The molecule has 1 aromatic rings. The highest BCUT2D eigenvalue weighted by Crippen LogP contribution is 2.30. The predicted octanol–water partition coefficient (Wildman–Crippen LogP) is 2.26. The third-order valence-corrected chi connectivity index (χ3v) is 6.54. The largest absolute Gasteiger partial charge is 0.480 e. The highest BCUT2D eigenvalue weighted by molar-refractivity contribution is 7.89. The molecule has 1 N–H and O–H groups in total. The first-order chi connectivity index (χ1) is 11.2. The molecule has 134 valence electrons. The first-order valence-electron chi connectivity index (χ1n) is 8.12. The van der Waals surface area contributed by atoms with E-state index in [2.05, 4.69) is 0 Å². The Bertz CT molecular complexity index is 691. The van der Waals surface area contributed by atoms with Crippen LogP contribution in [-0.2, 0) is 19.6 Å². The molecule has 1 fully saturated rings. The number of hydrogen-bond acceptors (Lipinski definition) is 4. The van der Waals surface area contributed by atoms with Crippen LogP contribution in [-0.4, -0.2) is 49.6 Å². The van der Waals surface area contributed by atoms with E-state index in [9.17, 15) is 13.2 Å². The van der Waals surface area contributed by atoms with Gasteiger partial charge in [-0.3, -0.25) is 0 Å². The maximum atomic E-state index is 13.2. The molecule has 1 aliphatic heterocycles. The van der Waals surface area contributed by atoms with E-state index < -0.39 is 22.6 Å². The second kappa shape index (κ2) is 7.63. The topological polar surface area (TPSA) is 83.9 Å². The number of rotatable bonds is 6. The van der Waals surface area contributed by atoms with E-state index in [0.29, 0.717) is 17.9 Å². The molecule has 1 unspecified atom stereocenters. The minimum absolute atomic E-state index is 0.107. The standard InChI is InChI=1S/C17H25NO5S/c1-12-8-13(2)17(14(3)9-12)24(21,22)18-7-5-4-6-15(18)10-23-11-16(19)20/h8-9,15H,4-7,10-11H2,1-3H3,(H,19,20). The first-order valence-corrected chi connectivity index (χ1v) is 9.56. The molecule has 0 aliphatic carbocycles. The lowest BCUT2D eigenvalue weighted by atomic mass is 10.1. The van der Waals surface area contributed by atoms with E-state index in [-0.39, 0.29) is 12.6 Å². The van der Waals surface area contributed by atoms with Crippen LogP contribution in [0.2, 0.25) is 0 Å². The van der Waals surface area contributed by atoms with Crippen LogP contribution >= 0.6 is 0 Å². The minimum Gasteiger partial charge on any atom is -0.480 e. The molecule has 0 amide bonds. The number of carboxylic acids is 1. The molecule has 1 aliphatic rings. The van der Waals surface area contributed by atoms with Gasteiger partial charge in [0.2, 0.25) is 10.0 Å². The van der Waals surface area contributed by atoms with E-state index in [0.717, 1.165) is 29.5 Å². The lowest BCUT2D eigenvalue weighted by molar-refractivity contribution is -0.142. The number of benzene rings is 1. The van der Waals surface area contributed by atoms with E-state index >= 15 is 0 Å². The van der Waals surface area contributed by atoms with Crippen molar-refractivity contribution in [3.8, 4) is 0 Å². The van der Waals surface area contributed by atoms with E-state index in [1.165, 1.54) is 4.31 Å². The molecule has 1 saturated heterocycles. The van der Waals surface area contributed by atoms with Crippen LogP contribution in [0.25, 0.3) is 0 Å². The molecule has 0 aromatic heterocycles. The smallest absolute Gasteiger partial charge is 0.329 e. The molecule has 7 heteroatoms. The van der Waals surface area contributed by atoms with Crippen molar-refractivity contribution in [3.63, 3.8) is 0 Å². The summed E-state index contributed by atoms with van der Waals surface area (Å²) in [6.07, 6.45) is 2.40. The van der Waals surface area contributed by atoms with Gasteiger partial charge in [-0.15, -0.1) is 0 Å². The van der Waals surface area contributed by atoms with Crippen LogP contribution in [0, 0.1) is 20.8 Å². The number of hydrogen-bond donors (Lipinski definition) is 1. The van der Waals surface area contributed by atoms with Gasteiger partial charge in [0, 0.05) is 12.6 Å². The van der Waals surface area contributed by atoms with Crippen molar-refractivity contribution in [2.24, 2.45) is 0 Å². The fourth-order valence-corrected chi connectivity index (χ4v) is 5.52. The Morgan fingerprint density at radius 2 is 1.88 bits per heavy atom. The van der Waals surface area contributed by atoms with Crippen molar-refractivity contribution in [1.82, 2.24) is 4.31 Å². The molecule has 1 atom stereocenters. The number of ether oxygens (including phenoxy) is 1. The number of aliphatic carboxylic acids is 1. The number of piperidine rings is 1. The quantitative estimate of drug-likeness (QED) is 0.846. The van der Waals surface area contributed by atoms with E-state index in [1.54, 1.807) is 0 Å². The fraction of sp³-hybridized carbons (Fsp3) is 0.588. The summed E-state index contributed by atoms with van der Waals surface area (Å²) in [6.45, 7) is 5.71. The Kier molecular flexibility index (Phi) is 6.01. The van der Waals surface area contributed by atoms with Crippen LogP contribution in [0.5, 0.6) is 0 Å². The summed E-state index contributed by atoms with van der Waals surface area (Å²) in [5, 5.41) is 8.69. The molecule has 0 bridgehead atoms. The summed E-state index contributed by atoms with van der Waals surface area (Å²) in [7, 11) is -3.63. The van der Waals surface area contributed by atoms with Gasteiger partial charge in [0.25, 0.3) is 0 Å². The number of nitrogens with zero attached hydrogens (tertiary/aromatic N) is 1. The van der Waals surface area contributed by atoms with E-state index in [1.807, 2.05) is 32.9 Å². The maximum Gasteiger partial charge on any atom is 0.329 e. The summed E-state index contributed by atoms with van der Waals surface area (Å²) >= 11 is 0. The van der Waals surface area contributed by atoms with Crippen molar-refractivity contribution in [3.05, 3.63) is 28.8 Å². The Balaban J connectivity index is 2.30. The Labute approximate surface area is 143 Å². The third kappa shape index (κ3) is 4.15. The van der Waals surface area contributed by atoms with Crippen LogP contribution in [0.4, 0.5) is 0 Å². The number of carbonyl (C=O) groups is 1. The zero-order valence-electron chi connectivity index (χ0n) is 14.4. The minimum atomic E-state index is -3.63. The molecule has 0 radical (unpaired) electrons. The van der Waals surface area contributed by atoms with Crippen LogP contribution in [0.3, 0.4) is 0 Å². The molecular formula is C17H25NO5S. The molecule has 1 aromatic carbocycles. The van der Waals surface area contributed by atoms with Crippen molar-refractivity contribution in [2.75, 3.05) is 19.8 Å². The lowest BCUT2D eigenvalue weighted by Crippen LogP contribution is -2.46. The Morgan fingerprint density at radius 3 is 2.46 bits per heavy atom. The van der Waals surface area contributed by atoms with Crippen molar-refractivity contribution in [2.45, 2.75) is 51.0 Å². The average molecular weight is 355 g/mol. The van der Waals surface area contributed by atoms with Gasteiger partial charge in [-0.2, -0.15) is 4.31 Å². The first kappa shape index (κ1) is 18.9. The monoisotopic (exact) mass is 355 g/mol. The summed E-state index contributed by atoms with van der Waals surface area (Å²) < 4.78 is 33.1. The third-order valence-electron chi connectivity index (χ3n) is 4.28. The van der Waals surface area contributed by atoms with Gasteiger partial charge >= 0.3 is 5.97 Å². The second-order valence-corrected chi connectivity index (χ2v) is 8.23. The lowest BCUT2D eigenvalue weighted by Gasteiger charge is -2.35. The SMILES string of the molecule is Cc1cc(C)c(S(=O)(=O)N2CCCCC2COCC(=O)O)c(C)c1. The summed E-state index contributed by atoms with van der Waals surface area (Å²) in [4.78, 5) is 11.0. The number of aryl methyl sites for hydroxylation is 3. The zero-order chi connectivity index (χ0) is 17.9. The van der Waals surface area contributed by atoms with Gasteiger partial charge in [0.1, 0.15) is 6.61 Å². The molecule has 0 saturated carbocycles. The van der Waals surface area contributed by atoms with E-state index in [4.69, 9.17) is 9.84 Å². The zero-order valence-corrected chi connectivity index (χ0v) is 15.2. The highest BCUT2D eigenvalue weighted by Gasteiger charge is 2.35. The van der Waals surface area contributed by atoms with Gasteiger partial charge in [-0.1, -0.05) is 24.1 Å². The normalized spacial score (nSPS) is 19.4. The number of sulfonamides is 1. The number of carboxylic acid groups (broad SMARTS) is 1. The maximum absolute atomic E-state index is 13.2. The summed E-state index contributed by atoms with van der Waals surface area (Å²) in [5.41, 5.74) is 2.51. The molecule has 6 nitrogen and oxygen atoms in total. The molecular weight excluding hydrogens is 330 g/mol. The molecule has 2 rings (SSSR count). The Morgan fingerprint density at radius 1 is 1.25 bits per heavy atom. The van der Waals surface area contributed by atoms with Crippen LogP contribution in [0.1, 0.15) is 36.0 Å². The average Bonchev–Trinajstić information content (AvgIpc) is 2.45. The second-order valence-electron chi connectivity index (χ2n) is 6.40. The summed E-state index contributed by atoms with van der Waals surface area (Å²) in [6, 6.07) is 3.43. The highest BCUT2D eigenvalue weighted by atomic mass is 32.2. The van der Waals surface area contributed by atoms with Gasteiger partial charge < -0.3 is 9.84 Å². The fourth-order valence-electron chi connectivity index (χ4n) is 3.43. The Hall–Kier alpha value is -1.44.